The number of anilines is 1. The van der Waals surface area contributed by atoms with Crippen molar-refractivity contribution in [3.63, 3.8) is 0 Å². The average Bonchev–Trinajstić information content (AvgIpc) is 3.48. The minimum absolute atomic E-state index is 0.0782. The number of hydrazone groups is 1. The number of nitrogens with one attached hydrogen (secondary N) is 3. The molecule has 1 saturated heterocycles. The fourth-order valence-electron chi connectivity index (χ4n) is 4.47. The lowest BCUT2D eigenvalue weighted by atomic mass is 9.91. The number of nitrogens with zero attached hydrogens (tertiary/aromatic N) is 1. The van der Waals surface area contributed by atoms with E-state index in [1.54, 1.807) is 12.3 Å². The van der Waals surface area contributed by atoms with Crippen molar-refractivity contribution in [2.45, 2.75) is 33.1 Å². The zero-order valence-corrected chi connectivity index (χ0v) is 15.8. The maximum absolute atomic E-state index is 12.7. The van der Waals surface area contributed by atoms with Gasteiger partial charge in [-0.3, -0.25) is 9.59 Å². The number of aryl methyl sites for hydroxylation is 1. The van der Waals surface area contributed by atoms with Gasteiger partial charge in [-0.15, -0.1) is 0 Å². The Bertz CT molecular complexity index is 837. The first-order valence-electron chi connectivity index (χ1n) is 9.74. The summed E-state index contributed by atoms with van der Waals surface area (Å²) in [7, 11) is 0. The normalized spacial score (nSPS) is 26.3. The highest BCUT2D eigenvalue weighted by Gasteiger charge is 2.47. The lowest BCUT2D eigenvalue weighted by Crippen LogP contribution is -2.29. The molecule has 27 heavy (non-hydrogen) atoms. The largest absolute Gasteiger partial charge is 0.326 e. The van der Waals surface area contributed by atoms with Gasteiger partial charge in [0.1, 0.15) is 0 Å². The minimum Gasteiger partial charge on any atom is -0.326 e. The predicted octanol–water partition coefficient (Wildman–Crippen LogP) is 2.70. The van der Waals surface area contributed by atoms with E-state index in [1.165, 1.54) is 12.8 Å². The zero-order chi connectivity index (χ0) is 19.0. The maximum atomic E-state index is 12.7. The lowest BCUT2D eigenvalue weighted by molar-refractivity contribution is -0.117. The van der Waals surface area contributed by atoms with Crippen LogP contribution in [0.4, 0.5) is 5.69 Å². The van der Waals surface area contributed by atoms with Gasteiger partial charge in [0.05, 0.1) is 11.8 Å². The summed E-state index contributed by atoms with van der Waals surface area (Å²) in [5.74, 6) is 1.11. The zero-order valence-electron chi connectivity index (χ0n) is 15.8. The standard InChI is InChI=1S/C21H26N4O2/c1-3-13-11-23-25-21(27)18-9-15(8-12(2)19(13)18)24-20(26)17-10-16(17)14-4-6-22-7-5-14/h3,8-9,11,14,16-17,22H,4-7,10H2,1-2H3,(H,24,26)(H,25,27)/b13-3-. The van der Waals surface area contributed by atoms with E-state index in [-0.39, 0.29) is 17.7 Å². The number of piperidine rings is 1. The number of hydrogen-bond donors (Lipinski definition) is 3. The summed E-state index contributed by atoms with van der Waals surface area (Å²) < 4.78 is 0. The second-order valence-corrected chi connectivity index (χ2v) is 7.74. The van der Waals surface area contributed by atoms with Crippen molar-refractivity contribution < 1.29 is 9.59 Å². The van der Waals surface area contributed by atoms with Crippen molar-refractivity contribution in [3.8, 4) is 0 Å². The van der Waals surface area contributed by atoms with Gasteiger partial charge in [0, 0.05) is 11.6 Å². The number of benzene rings is 1. The Kier molecular flexibility index (Phi) is 4.83. The minimum atomic E-state index is -0.253. The van der Waals surface area contributed by atoms with Crippen molar-refractivity contribution in [1.29, 1.82) is 0 Å². The first kappa shape index (κ1) is 17.9. The Morgan fingerprint density at radius 1 is 1.30 bits per heavy atom. The molecule has 1 saturated carbocycles. The van der Waals surface area contributed by atoms with Crippen LogP contribution in [0.25, 0.3) is 5.57 Å². The third-order valence-electron chi connectivity index (χ3n) is 5.98. The molecule has 0 spiro atoms. The van der Waals surface area contributed by atoms with Crippen LogP contribution in [0.15, 0.2) is 23.3 Å². The lowest BCUT2D eigenvalue weighted by Gasteiger charge is -2.22. The monoisotopic (exact) mass is 366 g/mol. The summed E-state index contributed by atoms with van der Waals surface area (Å²) in [4.78, 5) is 25.1. The number of carbonyl (C=O) groups excluding carboxylic acids is 2. The molecule has 2 heterocycles. The maximum Gasteiger partial charge on any atom is 0.272 e. The fraction of sp³-hybridized carbons (Fsp3) is 0.476. The van der Waals surface area contributed by atoms with Gasteiger partial charge < -0.3 is 10.6 Å². The number of carbonyl (C=O) groups is 2. The van der Waals surface area contributed by atoms with E-state index in [2.05, 4.69) is 21.2 Å². The molecule has 0 radical (unpaired) electrons. The third-order valence-corrected chi connectivity index (χ3v) is 5.98. The number of rotatable bonds is 3. The molecule has 1 aromatic rings. The van der Waals surface area contributed by atoms with Crippen LogP contribution >= 0.6 is 0 Å². The van der Waals surface area contributed by atoms with Crippen molar-refractivity contribution in [2.75, 3.05) is 18.4 Å². The molecule has 0 bridgehead atoms. The van der Waals surface area contributed by atoms with E-state index in [4.69, 9.17) is 0 Å². The van der Waals surface area contributed by atoms with Crippen molar-refractivity contribution in [1.82, 2.24) is 10.7 Å². The van der Waals surface area contributed by atoms with E-state index in [9.17, 15) is 9.59 Å². The first-order chi connectivity index (χ1) is 13.1. The number of amides is 2. The van der Waals surface area contributed by atoms with Gasteiger partial charge >= 0.3 is 0 Å². The molecule has 4 rings (SSSR count). The summed E-state index contributed by atoms with van der Waals surface area (Å²) in [6.45, 7) is 6.00. The van der Waals surface area contributed by atoms with Crippen LogP contribution in [0.5, 0.6) is 0 Å². The number of fused-ring (bicyclic) bond motifs is 1. The Balaban J connectivity index is 1.51. The molecule has 0 aromatic heterocycles. The van der Waals surface area contributed by atoms with Crippen LogP contribution in [-0.4, -0.2) is 31.1 Å². The van der Waals surface area contributed by atoms with Crippen molar-refractivity contribution in [3.05, 3.63) is 34.9 Å². The Labute approximate surface area is 159 Å². The molecular formula is C21H26N4O2. The summed E-state index contributed by atoms with van der Waals surface area (Å²) in [6, 6.07) is 3.70. The number of allylic oxidation sites excluding steroid dienone is 2. The molecule has 1 aromatic carbocycles. The molecule has 2 aliphatic heterocycles. The second-order valence-electron chi connectivity index (χ2n) is 7.74. The highest BCUT2D eigenvalue weighted by Crippen LogP contribution is 2.48. The van der Waals surface area contributed by atoms with Gasteiger partial charge in [0.25, 0.3) is 5.91 Å². The highest BCUT2D eigenvalue weighted by atomic mass is 16.2. The average molecular weight is 366 g/mol. The Hall–Kier alpha value is -2.47. The SMILES string of the molecule is C/C=C1/C=NNC(=O)c2cc(NC(=O)C3CC3C3CCNCC3)cc(C)c21. The molecular weight excluding hydrogens is 340 g/mol. The van der Waals surface area contributed by atoms with Crippen LogP contribution in [0.2, 0.25) is 0 Å². The summed E-state index contributed by atoms with van der Waals surface area (Å²) in [5, 5.41) is 10.4. The molecule has 2 unspecified atom stereocenters. The molecule has 2 fully saturated rings. The van der Waals surface area contributed by atoms with Gasteiger partial charge in [0.15, 0.2) is 0 Å². The van der Waals surface area contributed by atoms with Crippen LogP contribution in [0.1, 0.15) is 47.7 Å². The highest BCUT2D eigenvalue weighted by molar-refractivity contribution is 6.17. The summed E-state index contributed by atoms with van der Waals surface area (Å²) >= 11 is 0. The van der Waals surface area contributed by atoms with Crippen LogP contribution in [0.3, 0.4) is 0 Å². The smallest absolute Gasteiger partial charge is 0.272 e. The van der Waals surface area contributed by atoms with E-state index in [0.29, 0.717) is 23.1 Å². The van der Waals surface area contributed by atoms with E-state index < -0.39 is 0 Å². The molecule has 1 aliphatic carbocycles. The van der Waals surface area contributed by atoms with E-state index in [1.807, 2.05) is 26.0 Å². The molecule has 142 valence electrons. The van der Waals surface area contributed by atoms with Crippen molar-refractivity contribution in [2.24, 2.45) is 22.9 Å². The molecule has 2 atom stereocenters. The van der Waals surface area contributed by atoms with E-state index in [0.717, 1.165) is 36.2 Å². The molecule has 6 nitrogen and oxygen atoms in total. The Morgan fingerprint density at radius 3 is 2.81 bits per heavy atom. The molecule has 3 aliphatic rings. The van der Waals surface area contributed by atoms with Gasteiger partial charge in [-0.2, -0.15) is 5.10 Å². The predicted molar refractivity (Wildman–Crippen MR) is 107 cm³/mol. The summed E-state index contributed by atoms with van der Waals surface area (Å²) in [6.07, 6.45) is 6.90. The quantitative estimate of drug-likeness (QED) is 0.769. The van der Waals surface area contributed by atoms with Gasteiger partial charge in [-0.05, 0) is 86.9 Å². The second kappa shape index (κ2) is 7.27. The van der Waals surface area contributed by atoms with Gasteiger partial charge in [-0.1, -0.05) is 6.08 Å². The van der Waals surface area contributed by atoms with Crippen LogP contribution in [0, 0.1) is 24.7 Å². The Morgan fingerprint density at radius 2 is 2.07 bits per heavy atom. The van der Waals surface area contributed by atoms with Crippen LogP contribution < -0.4 is 16.1 Å². The molecule has 3 N–H and O–H groups in total. The van der Waals surface area contributed by atoms with Gasteiger partial charge in [-0.25, -0.2) is 5.43 Å². The topological polar surface area (TPSA) is 82.6 Å². The van der Waals surface area contributed by atoms with Gasteiger partial charge in [0.2, 0.25) is 5.91 Å². The number of hydrogen-bond acceptors (Lipinski definition) is 4. The van der Waals surface area contributed by atoms with Crippen LogP contribution in [-0.2, 0) is 4.79 Å². The van der Waals surface area contributed by atoms with Crippen molar-refractivity contribution >= 4 is 29.3 Å². The van der Waals surface area contributed by atoms with E-state index >= 15 is 0 Å². The molecule has 6 heteroatoms. The fourth-order valence-corrected chi connectivity index (χ4v) is 4.47. The summed E-state index contributed by atoms with van der Waals surface area (Å²) in [5.41, 5.74) is 6.47. The third kappa shape index (κ3) is 3.54. The first-order valence-corrected chi connectivity index (χ1v) is 9.74. The molecule has 2 amide bonds.